The molecular formula is C32H66. The molecule has 0 aliphatic heterocycles. The van der Waals surface area contributed by atoms with Crippen LogP contribution in [0.2, 0.25) is 0 Å². The van der Waals surface area contributed by atoms with Crippen LogP contribution in [0.4, 0.5) is 0 Å². The van der Waals surface area contributed by atoms with Crippen molar-refractivity contribution in [2.45, 2.75) is 147 Å². The van der Waals surface area contributed by atoms with Gasteiger partial charge in [-0.2, -0.15) is 0 Å². The maximum absolute atomic E-state index is 2.56. The van der Waals surface area contributed by atoms with Crippen LogP contribution in [-0.2, 0) is 0 Å². The average Bonchev–Trinajstić information content (AvgIpc) is 2.78. The molecule has 8 atom stereocenters. The second-order valence-electron chi connectivity index (χ2n) is 12.7. The van der Waals surface area contributed by atoms with Gasteiger partial charge in [0.05, 0.1) is 0 Å². The minimum atomic E-state index is 0.821. The zero-order chi connectivity index (χ0) is 24.8. The SMILES string of the molecule is CC1CCC(C(C)C2CCCCC2)C(C)C1.CCC.CCC(C)C(C)C(C)C(C)C(C)C. The van der Waals surface area contributed by atoms with Crippen molar-refractivity contribution >= 4 is 0 Å². The van der Waals surface area contributed by atoms with E-state index >= 15 is 0 Å². The molecule has 0 N–H and O–H groups in total. The van der Waals surface area contributed by atoms with Crippen molar-refractivity contribution in [2.24, 2.45) is 59.2 Å². The fourth-order valence-electron chi connectivity index (χ4n) is 6.46. The minimum Gasteiger partial charge on any atom is -0.0656 e. The van der Waals surface area contributed by atoms with Crippen molar-refractivity contribution in [3.8, 4) is 0 Å². The second kappa shape index (κ2) is 17.4. The van der Waals surface area contributed by atoms with E-state index in [-0.39, 0.29) is 0 Å². The molecule has 0 bridgehead atoms. The van der Waals surface area contributed by atoms with Gasteiger partial charge in [-0.1, -0.05) is 134 Å². The standard InChI is InChI=1S/C16H30.C13H28.C3H8/c1-12-9-10-16(13(2)11-12)14(3)15-7-5-4-6-8-15;1-8-10(4)12(6)13(7)11(5)9(2)3;1-3-2/h12-16H,4-11H2,1-3H3;9-13H,8H2,1-7H3;3H2,1-2H3. The molecule has 2 rings (SSSR count). The summed E-state index contributed by atoms with van der Waals surface area (Å²) in [5, 5.41) is 0. The lowest BCUT2D eigenvalue weighted by atomic mass is 9.65. The molecule has 0 nitrogen and oxygen atoms in total. The molecule has 0 aromatic carbocycles. The Morgan fingerprint density at radius 3 is 1.62 bits per heavy atom. The van der Waals surface area contributed by atoms with Gasteiger partial charge in [-0.25, -0.2) is 0 Å². The highest BCUT2D eigenvalue weighted by molar-refractivity contribution is 4.83. The summed E-state index contributed by atoms with van der Waals surface area (Å²) >= 11 is 0. The van der Waals surface area contributed by atoms with Gasteiger partial charge >= 0.3 is 0 Å². The number of hydrogen-bond donors (Lipinski definition) is 0. The zero-order valence-electron chi connectivity index (χ0n) is 24.8. The Labute approximate surface area is 206 Å². The van der Waals surface area contributed by atoms with Gasteiger partial charge in [0.25, 0.3) is 0 Å². The Morgan fingerprint density at radius 2 is 1.19 bits per heavy atom. The molecule has 2 aliphatic carbocycles. The summed E-state index contributed by atoms with van der Waals surface area (Å²) in [5.74, 6) is 9.35. The molecule has 194 valence electrons. The normalized spacial score (nSPS) is 29.0. The predicted octanol–water partition coefficient (Wildman–Crippen LogP) is 11.3. The first-order valence-corrected chi connectivity index (χ1v) is 15.0. The van der Waals surface area contributed by atoms with E-state index in [0.29, 0.717) is 0 Å². The van der Waals surface area contributed by atoms with Gasteiger partial charge in [0, 0.05) is 0 Å². The van der Waals surface area contributed by atoms with E-state index in [1.54, 1.807) is 0 Å². The highest BCUT2D eigenvalue weighted by Crippen LogP contribution is 2.43. The fourth-order valence-corrected chi connectivity index (χ4v) is 6.46. The van der Waals surface area contributed by atoms with E-state index in [1.165, 1.54) is 64.2 Å². The van der Waals surface area contributed by atoms with Crippen molar-refractivity contribution in [3.63, 3.8) is 0 Å². The topological polar surface area (TPSA) is 0 Å². The van der Waals surface area contributed by atoms with Crippen LogP contribution in [0.5, 0.6) is 0 Å². The van der Waals surface area contributed by atoms with Crippen molar-refractivity contribution in [3.05, 3.63) is 0 Å². The second-order valence-corrected chi connectivity index (χ2v) is 12.7. The van der Waals surface area contributed by atoms with Gasteiger partial charge in [-0.3, -0.25) is 0 Å². The molecule has 0 spiro atoms. The number of rotatable bonds is 7. The van der Waals surface area contributed by atoms with Crippen molar-refractivity contribution < 1.29 is 0 Å². The summed E-state index contributed by atoms with van der Waals surface area (Å²) < 4.78 is 0. The van der Waals surface area contributed by atoms with Crippen molar-refractivity contribution in [2.75, 3.05) is 0 Å². The third-order valence-corrected chi connectivity index (χ3v) is 9.82. The summed E-state index contributed by atoms with van der Waals surface area (Å²) in [5.41, 5.74) is 0. The predicted molar refractivity (Wildman–Crippen MR) is 149 cm³/mol. The van der Waals surface area contributed by atoms with Gasteiger partial charge in [-0.05, 0) is 72.0 Å². The van der Waals surface area contributed by atoms with E-state index in [9.17, 15) is 0 Å². The molecular weight excluding hydrogens is 384 g/mol. The third kappa shape index (κ3) is 11.4. The first kappa shape index (κ1) is 32.0. The smallest absolute Gasteiger partial charge is 0.0360 e. The van der Waals surface area contributed by atoms with Gasteiger partial charge in [-0.15, -0.1) is 0 Å². The lowest BCUT2D eigenvalue weighted by Gasteiger charge is -2.41. The first-order chi connectivity index (χ1) is 15.0. The maximum atomic E-state index is 2.56. The quantitative estimate of drug-likeness (QED) is 0.361. The van der Waals surface area contributed by atoms with Crippen LogP contribution in [0.3, 0.4) is 0 Å². The van der Waals surface area contributed by atoms with Crippen LogP contribution in [-0.4, -0.2) is 0 Å². The molecule has 0 aromatic heterocycles. The Hall–Kier alpha value is 0. The van der Waals surface area contributed by atoms with Crippen LogP contribution < -0.4 is 0 Å². The summed E-state index contributed by atoms with van der Waals surface area (Å²) in [6, 6.07) is 0. The summed E-state index contributed by atoms with van der Waals surface area (Å²) in [4.78, 5) is 0. The molecule has 0 heteroatoms. The molecule has 8 unspecified atom stereocenters. The van der Waals surface area contributed by atoms with Crippen LogP contribution in [0.15, 0.2) is 0 Å². The molecule has 0 heterocycles. The van der Waals surface area contributed by atoms with Crippen LogP contribution >= 0.6 is 0 Å². The van der Waals surface area contributed by atoms with E-state index in [1.807, 2.05) is 0 Å². The molecule has 32 heavy (non-hydrogen) atoms. The molecule has 2 aliphatic rings. The van der Waals surface area contributed by atoms with Crippen molar-refractivity contribution in [1.29, 1.82) is 0 Å². The lowest BCUT2D eigenvalue weighted by Crippen LogP contribution is -2.31. The molecule has 0 amide bonds. The molecule has 0 saturated heterocycles. The van der Waals surface area contributed by atoms with E-state index < -0.39 is 0 Å². The minimum absolute atomic E-state index is 0.821. The van der Waals surface area contributed by atoms with Gasteiger partial charge in [0.15, 0.2) is 0 Å². The Morgan fingerprint density at radius 1 is 0.656 bits per heavy atom. The van der Waals surface area contributed by atoms with Gasteiger partial charge in [0.1, 0.15) is 0 Å². The summed E-state index contributed by atoms with van der Waals surface area (Å²) in [6.07, 6.45) is 14.6. The Kier molecular flexibility index (Phi) is 17.4. The van der Waals surface area contributed by atoms with E-state index in [0.717, 1.165) is 59.2 Å². The highest BCUT2D eigenvalue weighted by Gasteiger charge is 2.33. The fraction of sp³-hybridized carbons (Fsp3) is 1.00. The van der Waals surface area contributed by atoms with Crippen LogP contribution in [0, 0.1) is 59.2 Å². The highest BCUT2D eigenvalue weighted by atomic mass is 14.4. The molecule has 0 radical (unpaired) electrons. The third-order valence-electron chi connectivity index (χ3n) is 9.82. The lowest BCUT2D eigenvalue weighted by molar-refractivity contribution is 0.0960. The zero-order valence-corrected chi connectivity index (χ0v) is 24.8. The number of hydrogen-bond acceptors (Lipinski definition) is 0. The van der Waals surface area contributed by atoms with Crippen LogP contribution in [0.1, 0.15) is 147 Å². The molecule has 0 aromatic rings. The molecule has 2 fully saturated rings. The van der Waals surface area contributed by atoms with Crippen LogP contribution in [0.25, 0.3) is 0 Å². The van der Waals surface area contributed by atoms with Gasteiger partial charge < -0.3 is 0 Å². The van der Waals surface area contributed by atoms with Crippen molar-refractivity contribution in [1.82, 2.24) is 0 Å². The van der Waals surface area contributed by atoms with E-state index in [4.69, 9.17) is 0 Å². The Balaban J connectivity index is 0.000000547. The molecule has 2 saturated carbocycles. The average molecular weight is 451 g/mol. The van der Waals surface area contributed by atoms with E-state index in [2.05, 4.69) is 83.1 Å². The van der Waals surface area contributed by atoms with Gasteiger partial charge in [0.2, 0.25) is 0 Å². The maximum Gasteiger partial charge on any atom is -0.0360 e. The summed E-state index contributed by atoms with van der Waals surface area (Å²) in [6.45, 7) is 28.4. The monoisotopic (exact) mass is 451 g/mol. The Bertz CT molecular complexity index is 418. The largest absolute Gasteiger partial charge is 0.0656 e. The first-order valence-electron chi connectivity index (χ1n) is 15.0. The summed E-state index contributed by atoms with van der Waals surface area (Å²) in [7, 11) is 0.